The third kappa shape index (κ3) is 4.21. The standard InChI is InChI=1S/C18H28N2O/c1-14-3-4-16(11-18(14)21-2)13-20-9-7-17(8-10-20)19-12-15-5-6-15/h3-4,11,15,17,19H,5-10,12-13H2,1-2H3. The van der Waals surface area contributed by atoms with Gasteiger partial charge in [-0.3, -0.25) is 4.90 Å². The molecule has 1 saturated carbocycles. The van der Waals surface area contributed by atoms with Crippen molar-refractivity contribution >= 4 is 0 Å². The number of benzene rings is 1. The average Bonchev–Trinajstić information content (AvgIpc) is 3.33. The van der Waals surface area contributed by atoms with Crippen molar-refractivity contribution in [3.8, 4) is 5.75 Å². The summed E-state index contributed by atoms with van der Waals surface area (Å²) in [7, 11) is 1.75. The van der Waals surface area contributed by atoms with E-state index >= 15 is 0 Å². The summed E-state index contributed by atoms with van der Waals surface area (Å²) in [6, 6.07) is 7.33. The number of hydrogen-bond acceptors (Lipinski definition) is 3. The number of ether oxygens (including phenoxy) is 1. The lowest BCUT2D eigenvalue weighted by Crippen LogP contribution is -2.42. The third-order valence-electron chi connectivity index (χ3n) is 4.86. The molecule has 3 nitrogen and oxygen atoms in total. The summed E-state index contributed by atoms with van der Waals surface area (Å²) in [6.07, 6.45) is 5.47. The van der Waals surface area contributed by atoms with Crippen LogP contribution in [0.4, 0.5) is 0 Å². The van der Waals surface area contributed by atoms with Crippen LogP contribution in [0, 0.1) is 12.8 Å². The van der Waals surface area contributed by atoms with Crippen LogP contribution in [-0.4, -0.2) is 37.7 Å². The Morgan fingerprint density at radius 1 is 1.19 bits per heavy atom. The van der Waals surface area contributed by atoms with E-state index in [0.717, 1.165) is 24.3 Å². The molecule has 0 aromatic heterocycles. The van der Waals surface area contributed by atoms with Gasteiger partial charge < -0.3 is 10.1 Å². The molecule has 3 rings (SSSR count). The SMILES string of the molecule is COc1cc(CN2CCC(NCC3CC3)CC2)ccc1C. The largest absolute Gasteiger partial charge is 0.496 e. The Balaban J connectivity index is 1.45. The second kappa shape index (κ2) is 6.80. The molecule has 0 amide bonds. The van der Waals surface area contributed by atoms with Crippen LogP contribution in [0.5, 0.6) is 5.75 Å². The summed E-state index contributed by atoms with van der Waals surface area (Å²) in [5.41, 5.74) is 2.58. The van der Waals surface area contributed by atoms with E-state index in [1.165, 1.54) is 56.4 Å². The first-order chi connectivity index (χ1) is 10.2. The van der Waals surface area contributed by atoms with Crippen molar-refractivity contribution in [2.45, 2.75) is 45.2 Å². The number of nitrogens with zero attached hydrogens (tertiary/aromatic N) is 1. The van der Waals surface area contributed by atoms with E-state index < -0.39 is 0 Å². The second-order valence-corrected chi connectivity index (χ2v) is 6.71. The molecule has 116 valence electrons. The lowest BCUT2D eigenvalue weighted by Gasteiger charge is -2.32. The molecule has 3 heteroatoms. The highest BCUT2D eigenvalue weighted by atomic mass is 16.5. The summed E-state index contributed by atoms with van der Waals surface area (Å²) in [5.74, 6) is 2.00. The lowest BCUT2D eigenvalue weighted by molar-refractivity contribution is 0.190. The first-order valence-corrected chi connectivity index (χ1v) is 8.34. The molecule has 1 heterocycles. The number of methoxy groups -OCH3 is 1. The van der Waals surface area contributed by atoms with Gasteiger partial charge in [-0.1, -0.05) is 12.1 Å². The smallest absolute Gasteiger partial charge is 0.122 e. The van der Waals surface area contributed by atoms with Gasteiger partial charge in [0.05, 0.1) is 7.11 Å². The van der Waals surface area contributed by atoms with Gasteiger partial charge >= 0.3 is 0 Å². The normalized spacial score (nSPS) is 20.7. The number of hydrogen-bond donors (Lipinski definition) is 1. The van der Waals surface area contributed by atoms with Crippen LogP contribution >= 0.6 is 0 Å². The van der Waals surface area contributed by atoms with Crippen molar-refractivity contribution in [2.75, 3.05) is 26.7 Å². The number of nitrogens with one attached hydrogen (secondary N) is 1. The molecule has 0 radical (unpaired) electrons. The minimum absolute atomic E-state index is 0.745. The van der Waals surface area contributed by atoms with E-state index in [9.17, 15) is 0 Å². The quantitative estimate of drug-likeness (QED) is 0.871. The molecule has 2 aliphatic rings. The predicted molar refractivity (Wildman–Crippen MR) is 86.8 cm³/mol. The lowest BCUT2D eigenvalue weighted by atomic mass is 10.0. The second-order valence-electron chi connectivity index (χ2n) is 6.71. The first-order valence-electron chi connectivity index (χ1n) is 8.34. The van der Waals surface area contributed by atoms with E-state index in [2.05, 4.69) is 35.3 Å². The average molecular weight is 288 g/mol. The summed E-state index contributed by atoms with van der Waals surface area (Å²) in [6.45, 7) is 6.81. The van der Waals surface area contributed by atoms with Gasteiger partial charge in [-0.05, 0) is 75.4 Å². The van der Waals surface area contributed by atoms with Crippen LogP contribution in [0.25, 0.3) is 0 Å². The molecule has 0 spiro atoms. The van der Waals surface area contributed by atoms with E-state index in [-0.39, 0.29) is 0 Å². The molecule has 1 saturated heterocycles. The Morgan fingerprint density at radius 2 is 1.95 bits per heavy atom. The van der Waals surface area contributed by atoms with Crippen LogP contribution in [-0.2, 0) is 6.54 Å². The van der Waals surface area contributed by atoms with Crippen molar-refractivity contribution in [3.05, 3.63) is 29.3 Å². The molecule has 2 fully saturated rings. The predicted octanol–water partition coefficient (Wildman–Crippen LogP) is 2.97. The van der Waals surface area contributed by atoms with Crippen LogP contribution in [0.2, 0.25) is 0 Å². The molecular weight excluding hydrogens is 260 g/mol. The van der Waals surface area contributed by atoms with Gasteiger partial charge in [0.15, 0.2) is 0 Å². The molecular formula is C18H28N2O. The maximum absolute atomic E-state index is 5.42. The zero-order valence-electron chi connectivity index (χ0n) is 13.4. The molecule has 0 bridgehead atoms. The van der Waals surface area contributed by atoms with Gasteiger partial charge in [0.25, 0.3) is 0 Å². The van der Waals surface area contributed by atoms with Gasteiger partial charge in [0.1, 0.15) is 5.75 Å². The van der Waals surface area contributed by atoms with E-state index in [1.807, 2.05) is 0 Å². The van der Waals surface area contributed by atoms with Crippen molar-refractivity contribution in [3.63, 3.8) is 0 Å². The maximum atomic E-state index is 5.42. The van der Waals surface area contributed by atoms with Gasteiger partial charge in [0, 0.05) is 12.6 Å². The van der Waals surface area contributed by atoms with Crippen molar-refractivity contribution in [1.29, 1.82) is 0 Å². The Bertz CT molecular complexity index is 462. The monoisotopic (exact) mass is 288 g/mol. The molecule has 1 N–H and O–H groups in total. The molecule has 0 unspecified atom stereocenters. The fourth-order valence-corrected chi connectivity index (χ4v) is 3.17. The van der Waals surface area contributed by atoms with Gasteiger partial charge in [-0.2, -0.15) is 0 Å². The topological polar surface area (TPSA) is 24.5 Å². The molecule has 1 aromatic carbocycles. The van der Waals surface area contributed by atoms with Crippen molar-refractivity contribution < 1.29 is 4.74 Å². The minimum atomic E-state index is 0.745. The zero-order chi connectivity index (χ0) is 14.7. The van der Waals surface area contributed by atoms with Gasteiger partial charge in [-0.15, -0.1) is 0 Å². The Labute approximate surface area is 128 Å². The zero-order valence-corrected chi connectivity index (χ0v) is 13.4. The van der Waals surface area contributed by atoms with Crippen LogP contribution in [0.3, 0.4) is 0 Å². The van der Waals surface area contributed by atoms with E-state index in [0.29, 0.717) is 0 Å². The Kier molecular flexibility index (Phi) is 4.81. The van der Waals surface area contributed by atoms with Crippen LogP contribution in [0.15, 0.2) is 18.2 Å². The highest BCUT2D eigenvalue weighted by molar-refractivity contribution is 5.36. The minimum Gasteiger partial charge on any atom is -0.496 e. The van der Waals surface area contributed by atoms with E-state index in [1.54, 1.807) is 7.11 Å². The first kappa shape index (κ1) is 14.9. The fraction of sp³-hybridized carbons (Fsp3) is 0.667. The number of piperidine rings is 1. The third-order valence-corrected chi connectivity index (χ3v) is 4.86. The fourth-order valence-electron chi connectivity index (χ4n) is 3.17. The summed E-state index contributed by atoms with van der Waals surface area (Å²) < 4.78 is 5.42. The number of rotatable bonds is 6. The molecule has 0 atom stereocenters. The van der Waals surface area contributed by atoms with Gasteiger partial charge in [-0.25, -0.2) is 0 Å². The highest BCUT2D eigenvalue weighted by Crippen LogP contribution is 2.28. The molecule has 21 heavy (non-hydrogen) atoms. The summed E-state index contributed by atoms with van der Waals surface area (Å²) in [4.78, 5) is 2.57. The highest BCUT2D eigenvalue weighted by Gasteiger charge is 2.24. The summed E-state index contributed by atoms with van der Waals surface area (Å²) >= 11 is 0. The van der Waals surface area contributed by atoms with Crippen molar-refractivity contribution in [1.82, 2.24) is 10.2 Å². The maximum Gasteiger partial charge on any atom is 0.122 e. The van der Waals surface area contributed by atoms with Gasteiger partial charge in [0.2, 0.25) is 0 Å². The van der Waals surface area contributed by atoms with Crippen LogP contribution < -0.4 is 10.1 Å². The molecule has 1 aliphatic carbocycles. The Hall–Kier alpha value is -1.06. The number of likely N-dealkylation sites (tertiary alicyclic amines) is 1. The van der Waals surface area contributed by atoms with E-state index in [4.69, 9.17) is 4.74 Å². The Morgan fingerprint density at radius 3 is 2.62 bits per heavy atom. The molecule has 1 aromatic rings. The summed E-state index contributed by atoms with van der Waals surface area (Å²) in [5, 5.41) is 3.75. The van der Waals surface area contributed by atoms with Crippen LogP contribution in [0.1, 0.15) is 36.8 Å². The van der Waals surface area contributed by atoms with Crippen molar-refractivity contribution in [2.24, 2.45) is 5.92 Å². The molecule has 1 aliphatic heterocycles. The number of aryl methyl sites for hydroxylation is 1.